The summed E-state index contributed by atoms with van der Waals surface area (Å²) in [5.41, 5.74) is 1.16. The predicted octanol–water partition coefficient (Wildman–Crippen LogP) is 3.33. The van der Waals surface area contributed by atoms with E-state index in [9.17, 15) is 0 Å². The van der Waals surface area contributed by atoms with Gasteiger partial charge >= 0.3 is 0 Å². The summed E-state index contributed by atoms with van der Waals surface area (Å²) in [6, 6.07) is 7.01. The number of rotatable bonds is 7. The normalized spacial score (nSPS) is 12.8. The topological polar surface area (TPSA) is 29.9 Å². The zero-order chi connectivity index (χ0) is 13.7. The molecule has 0 fully saturated rings. The van der Waals surface area contributed by atoms with Crippen LogP contribution >= 0.6 is 11.3 Å². The first-order valence-corrected chi connectivity index (χ1v) is 7.85. The van der Waals surface area contributed by atoms with Gasteiger partial charge in [-0.15, -0.1) is 11.3 Å². The molecular weight excluding hydrogens is 254 g/mol. The van der Waals surface area contributed by atoms with Crippen LogP contribution in [-0.4, -0.2) is 16.3 Å². The molecule has 0 amide bonds. The Morgan fingerprint density at radius 1 is 1.32 bits per heavy atom. The van der Waals surface area contributed by atoms with Crippen molar-refractivity contribution in [3.05, 3.63) is 39.8 Å². The van der Waals surface area contributed by atoms with Gasteiger partial charge in [0, 0.05) is 35.5 Å². The molecule has 0 bridgehead atoms. The predicted molar refractivity (Wildman–Crippen MR) is 81.6 cm³/mol. The molecule has 2 heterocycles. The third-order valence-corrected chi connectivity index (χ3v) is 4.54. The molecule has 0 aliphatic heterocycles. The van der Waals surface area contributed by atoms with Gasteiger partial charge in [0.05, 0.1) is 5.69 Å². The highest BCUT2D eigenvalue weighted by atomic mass is 32.1. The van der Waals surface area contributed by atoms with E-state index in [1.807, 2.05) is 29.3 Å². The minimum Gasteiger partial charge on any atom is -0.309 e. The summed E-state index contributed by atoms with van der Waals surface area (Å²) < 4.78 is 1.87. The first-order chi connectivity index (χ1) is 9.22. The maximum Gasteiger partial charge on any atom is 0.0643 e. The second kappa shape index (κ2) is 6.87. The third-order valence-electron chi connectivity index (χ3n) is 3.20. The molecule has 0 radical (unpaired) electrons. The van der Waals surface area contributed by atoms with Crippen molar-refractivity contribution in [2.24, 2.45) is 7.05 Å². The summed E-state index contributed by atoms with van der Waals surface area (Å²) in [6.07, 6.45) is 5.25. The van der Waals surface area contributed by atoms with Crippen molar-refractivity contribution in [2.75, 3.05) is 6.54 Å². The first kappa shape index (κ1) is 14.3. The molecule has 2 aromatic heterocycles. The molecule has 2 rings (SSSR count). The van der Waals surface area contributed by atoms with Crippen LogP contribution in [0.3, 0.4) is 0 Å². The molecule has 0 aliphatic carbocycles. The molecule has 19 heavy (non-hydrogen) atoms. The van der Waals surface area contributed by atoms with E-state index in [1.54, 1.807) is 0 Å². The van der Waals surface area contributed by atoms with Gasteiger partial charge in [-0.05, 0) is 37.6 Å². The average Bonchev–Trinajstić information content (AvgIpc) is 3.03. The Balaban J connectivity index is 2.10. The van der Waals surface area contributed by atoms with E-state index >= 15 is 0 Å². The van der Waals surface area contributed by atoms with Gasteiger partial charge in [0.2, 0.25) is 0 Å². The summed E-state index contributed by atoms with van der Waals surface area (Å²) in [7, 11) is 1.97. The van der Waals surface area contributed by atoms with Crippen LogP contribution in [0.4, 0.5) is 0 Å². The summed E-state index contributed by atoms with van der Waals surface area (Å²) in [4.78, 5) is 2.88. The van der Waals surface area contributed by atoms with E-state index in [4.69, 9.17) is 0 Å². The number of nitrogens with one attached hydrogen (secondary N) is 1. The number of thiophene rings is 1. The first-order valence-electron chi connectivity index (χ1n) is 7.03. The van der Waals surface area contributed by atoms with Gasteiger partial charge in [-0.3, -0.25) is 4.68 Å². The fraction of sp³-hybridized carbons (Fsp3) is 0.533. The Morgan fingerprint density at radius 3 is 2.74 bits per heavy atom. The van der Waals surface area contributed by atoms with Crippen LogP contribution in [-0.2, 0) is 19.9 Å². The second-order valence-corrected chi connectivity index (χ2v) is 6.05. The molecule has 1 unspecified atom stereocenters. The fourth-order valence-electron chi connectivity index (χ4n) is 2.14. The fourth-order valence-corrected chi connectivity index (χ4v) is 3.17. The van der Waals surface area contributed by atoms with Crippen LogP contribution in [0, 0.1) is 0 Å². The zero-order valence-corrected chi connectivity index (χ0v) is 12.8. The summed E-state index contributed by atoms with van der Waals surface area (Å²) in [6.45, 7) is 5.47. The van der Waals surface area contributed by atoms with E-state index in [1.165, 1.54) is 9.75 Å². The van der Waals surface area contributed by atoms with Crippen molar-refractivity contribution in [3.8, 4) is 0 Å². The Hall–Kier alpha value is -1.13. The van der Waals surface area contributed by atoms with Crippen molar-refractivity contribution >= 4 is 11.3 Å². The third kappa shape index (κ3) is 3.91. The molecule has 4 heteroatoms. The van der Waals surface area contributed by atoms with Gasteiger partial charge in [-0.1, -0.05) is 13.8 Å². The highest BCUT2D eigenvalue weighted by Crippen LogP contribution is 2.26. The van der Waals surface area contributed by atoms with Gasteiger partial charge < -0.3 is 5.32 Å². The van der Waals surface area contributed by atoms with Crippen molar-refractivity contribution < 1.29 is 0 Å². The van der Waals surface area contributed by atoms with Crippen LogP contribution < -0.4 is 5.32 Å². The second-order valence-electron chi connectivity index (χ2n) is 4.85. The molecule has 0 aliphatic rings. The minimum atomic E-state index is 0.389. The van der Waals surface area contributed by atoms with Crippen LogP contribution in [0.2, 0.25) is 0 Å². The zero-order valence-electron chi connectivity index (χ0n) is 12.0. The Labute approximate surface area is 119 Å². The number of hydrogen-bond acceptors (Lipinski definition) is 3. The molecule has 0 saturated carbocycles. The molecule has 1 N–H and O–H groups in total. The molecule has 2 aromatic rings. The van der Waals surface area contributed by atoms with Crippen LogP contribution in [0.15, 0.2) is 24.4 Å². The van der Waals surface area contributed by atoms with E-state index in [-0.39, 0.29) is 0 Å². The van der Waals surface area contributed by atoms with Crippen LogP contribution in [0.1, 0.15) is 41.8 Å². The highest BCUT2D eigenvalue weighted by Gasteiger charge is 2.15. The summed E-state index contributed by atoms with van der Waals surface area (Å²) in [5.74, 6) is 0. The van der Waals surface area contributed by atoms with Crippen molar-refractivity contribution in [2.45, 2.75) is 39.2 Å². The smallest absolute Gasteiger partial charge is 0.0643 e. The van der Waals surface area contributed by atoms with E-state index < -0.39 is 0 Å². The van der Waals surface area contributed by atoms with Crippen molar-refractivity contribution in [1.82, 2.24) is 15.1 Å². The van der Waals surface area contributed by atoms with Gasteiger partial charge in [-0.25, -0.2) is 0 Å². The SMILES string of the molecule is CCCNC(Cc1ccn(C)n1)c1ccc(CC)s1. The standard InChI is InChI=1S/C15H23N3S/c1-4-9-16-14(11-12-8-10-18(3)17-12)15-7-6-13(5-2)19-15/h6-8,10,14,16H,4-5,9,11H2,1-3H3. The molecule has 1 atom stereocenters. The maximum atomic E-state index is 4.49. The lowest BCUT2D eigenvalue weighted by molar-refractivity contribution is 0.528. The molecular formula is C15H23N3S. The Bertz CT molecular complexity index is 501. The summed E-state index contributed by atoms with van der Waals surface area (Å²) >= 11 is 1.92. The molecule has 104 valence electrons. The maximum absolute atomic E-state index is 4.49. The lowest BCUT2D eigenvalue weighted by Crippen LogP contribution is -2.23. The number of nitrogens with zero attached hydrogens (tertiary/aromatic N) is 2. The number of aryl methyl sites for hydroxylation is 2. The average molecular weight is 277 g/mol. The van der Waals surface area contributed by atoms with Gasteiger partial charge in [0.1, 0.15) is 0 Å². The van der Waals surface area contributed by atoms with Gasteiger partial charge in [0.15, 0.2) is 0 Å². The molecule has 0 aromatic carbocycles. The van der Waals surface area contributed by atoms with E-state index in [0.29, 0.717) is 6.04 Å². The lowest BCUT2D eigenvalue weighted by Gasteiger charge is -2.16. The summed E-state index contributed by atoms with van der Waals surface area (Å²) in [5, 5.41) is 8.13. The largest absolute Gasteiger partial charge is 0.309 e. The van der Waals surface area contributed by atoms with Crippen LogP contribution in [0.5, 0.6) is 0 Å². The quantitative estimate of drug-likeness (QED) is 0.841. The van der Waals surface area contributed by atoms with E-state index in [2.05, 4.69) is 42.5 Å². The van der Waals surface area contributed by atoms with E-state index in [0.717, 1.165) is 31.5 Å². The molecule has 0 saturated heterocycles. The van der Waals surface area contributed by atoms with Crippen LogP contribution in [0.25, 0.3) is 0 Å². The van der Waals surface area contributed by atoms with Gasteiger partial charge in [-0.2, -0.15) is 5.10 Å². The number of aromatic nitrogens is 2. The minimum absolute atomic E-state index is 0.389. The monoisotopic (exact) mass is 277 g/mol. The highest BCUT2D eigenvalue weighted by molar-refractivity contribution is 7.12. The molecule has 0 spiro atoms. The van der Waals surface area contributed by atoms with Gasteiger partial charge in [0.25, 0.3) is 0 Å². The number of hydrogen-bond donors (Lipinski definition) is 1. The lowest BCUT2D eigenvalue weighted by atomic mass is 10.1. The Kier molecular flexibility index (Phi) is 5.16. The Morgan fingerprint density at radius 2 is 2.16 bits per heavy atom. The van der Waals surface area contributed by atoms with Crippen molar-refractivity contribution in [3.63, 3.8) is 0 Å². The molecule has 3 nitrogen and oxygen atoms in total. The van der Waals surface area contributed by atoms with Crippen molar-refractivity contribution in [1.29, 1.82) is 0 Å².